The SMILES string of the molecule is CCC(C)(C(C)C)C(C)CCN. The molecule has 0 spiro atoms. The summed E-state index contributed by atoms with van der Waals surface area (Å²) in [4.78, 5) is 0. The van der Waals surface area contributed by atoms with Gasteiger partial charge in [-0.3, -0.25) is 0 Å². The molecule has 0 amide bonds. The summed E-state index contributed by atoms with van der Waals surface area (Å²) in [7, 11) is 0. The van der Waals surface area contributed by atoms with Crippen molar-refractivity contribution in [3.05, 3.63) is 0 Å². The molecular formula is C11H25N. The topological polar surface area (TPSA) is 26.0 Å². The average molecular weight is 171 g/mol. The van der Waals surface area contributed by atoms with E-state index in [0.717, 1.165) is 24.8 Å². The van der Waals surface area contributed by atoms with Gasteiger partial charge in [-0.15, -0.1) is 0 Å². The predicted octanol–water partition coefficient (Wildman–Crippen LogP) is 3.04. The Hall–Kier alpha value is -0.0400. The molecule has 0 rings (SSSR count). The van der Waals surface area contributed by atoms with E-state index in [1.807, 2.05) is 0 Å². The van der Waals surface area contributed by atoms with Gasteiger partial charge >= 0.3 is 0 Å². The minimum atomic E-state index is 0.472. The predicted molar refractivity (Wildman–Crippen MR) is 56.1 cm³/mol. The average Bonchev–Trinajstić information content (AvgIpc) is 2.03. The first-order chi connectivity index (χ1) is 5.49. The minimum Gasteiger partial charge on any atom is -0.330 e. The summed E-state index contributed by atoms with van der Waals surface area (Å²) >= 11 is 0. The molecule has 2 atom stereocenters. The third-order valence-corrected chi connectivity index (χ3v) is 3.81. The molecule has 0 aliphatic heterocycles. The number of hydrogen-bond acceptors (Lipinski definition) is 1. The molecule has 74 valence electrons. The maximum absolute atomic E-state index is 5.58. The Kier molecular flexibility index (Phi) is 4.84. The van der Waals surface area contributed by atoms with Crippen molar-refractivity contribution < 1.29 is 0 Å². The first-order valence-corrected chi connectivity index (χ1v) is 5.19. The molecule has 1 nitrogen and oxygen atoms in total. The van der Waals surface area contributed by atoms with Gasteiger partial charge in [0.1, 0.15) is 0 Å². The van der Waals surface area contributed by atoms with Gasteiger partial charge in [0.15, 0.2) is 0 Å². The van der Waals surface area contributed by atoms with Gasteiger partial charge in [-0.1, -0.05) is 41.0 Å². The molecule has 2 N–H and O–H groups in total. The van der Waals surface area contributed by atoms with Crippen LogP contribution in [0.4, 0.5) is 0 Å². The summed E-state index contributed by atoms with van der Waals surface area (Å²) in [5.74, 6) is 1.50. The molecule has 0 aliphatic rings. The maximum Gasteiger partial charge on any atom is -0.00745 e. The van der Waals surface area contributed by atoms with E-state index in [4.69, 9.17) is 5.73 Å². The van der Waals surface area contributed by atoms with Crippen molar-refractivity contribution >= 4 is 0 Å². The van der Waals surface area contributed by atoms with Gasteiger partial charge in [0.05, 0.1) is 0 Å². The van der Waals surface area contributed by atoms with Crippen molar-refractivity contribution in [2.75, 3.05) is 6.54 Å². The van der Waals surface area contributed by atoms with Gasteiger partial charge < -0.3 is 5.73 Å². The molecule has 0 fully saturated rings. The second-order valence-corrected chi connectivity index (χ2v) is 4.49. The summed E-state index contributed by atoms with van der Waals surface area (Å²) in [6, 6.07) is 0. The molecule has 0 radical (unpaired) electrons. The summed E-state index contributed by atoms with van der Waals surface area (Å²) < 4.78 is 0. The van der Waals surface area contributed by atoms with Crippen LogP contribution in [0, 0.1) is 17.3 Å². The van der Waals surface area contributed by atoms with E-state index in [1.165, 1.54) is 6.42 Å². The molecule has 0 aromatic carbocycles. The first kappa shape index (κ1) is 12.0. The summed E-state index contributed by atoms with van der Waals surface area (Å²) in [6.45, 7) is 12.5. The Morgan fingerprint density at radius 2 is 1.75 bits per heavy atom. The van der Waals surface area contributed by atoms with Crippen molar-refractivity contribution in [2.24, 2.45) is 23.0 Å². The van der Waals surface area contributed by atoms with E-state index >= 15 is 0 Å². The summed E-state index contributed by atoms with van der Waals surface area (Å²) in [5.41, 5.74) is 6.05. The first-order valence-electron chi connectivity index (χ1n) is 5.19. The zero-order valence-corrected chi connectivity index (χ0v) is 9.35. The highest BCUT2D eigenvalue weighted by Crippen LogP contribution is 2.39. The molecule has 2 unspecified atom stereocenters. The van der Waals surface area contributed by atoms with Gasteiger partial charge in [0, 0.05) is 0 Å². The van der Waals surface area contributed by atoms with Crippen LogP contribution < -0.4 is 5.73 Å². The van der Waals surface area contributed by atoms with E-state index in [1.54, 1.807) is 0 Å². The quantitative estimate of drug-likeness (QED) is 0.676. The molecule has 0 saturated heterocycles. The lowest BCUT2D eigenvalue weighted by molar-refractivity contribution is 0.113. The molecule has 12 heavy (non-hydrogen) atoms. The van der Waals surface area contributed by atoms with Crippen molar-refractivity contribution in [2.45, 2.75) is 47.5 Å². The summed E-state index contributed by atoms with van der Waals surface area (Å²) in [6.07, 6.45) is 2.41. The largest absolute Gasteiger partial charge is 0.330 e. The van der Waals surface area contributed by atoms with Crippen LogP contribution in [0.2, 0.25) is 0 Å². The van der Waals surface area contributed by atoms with Crippen LogP contribution in [-0.2, 0) is 0 Å². The second kappa shape index (κ2) is 4.86. The maximum atomic E-state index is 5.58. The van der Waals surface area contributed by atoms with Crippen molar-refractivity contribution in [1.82, 2.24) is 0 Å². The molecule has 0 aromatic rings. The van der Waals surface area contributed by atoms with Crippen LogP contribution in [0.5, 0.6) is 0 Å². The van der Waals surface area contributed by atoms with Crippen LogP contribution in [0.15, 0.2) is 0 Å². The van der Waals surface area contributed by atoms with E-state index in [2.05, 4.69) is 34.6 Å². The van der Waals surface area contributed by atoms with Crippen LogP contribution in [-0.4, -0.2) is 6.54 Å². The molecule has 0 aromatic heterocycles. The second-order valence-electron chi connectivity index (χ2n) is 4.49. The van der Waals surface area contributed by atoms with Gasteiger partial charge in [-0.2, -0.15) is 0 Å². The minimum absolute atomic E-state index is 0.472. The standard InChI is InChI=1S/C11H25N/c1-6-11(5,9(2)3)10(4)7-8-12/h9-10H,6-8,12H2,1-5H3. The fraction of sp³-hybridized carbons (Fsp3) is 1.00. The Bertz CT molecular complexity index is 120. The van der Waals surface area contributed by atoms with Gasteiger partial charge in [0.2, 0.25) is 0 Å². The fourth-order valence-electron chi connectivity index (χ4n) is 1.91. The number of hydrogen-bond donors (Lipinski definition) is 1. The van der Waals surface area contributed by atoms with Crippen molar-refractivity contribution in [3.8, 4) is 0 Å². The lowest BCUT2D eigenvalue weighted by Crippen LogP contribution is -2.31. The van der Waals surface area contributed by atoms with Crippen molar-refractivity contribution in [1.29, 1.82) is 0 Å². The normalized spacial score (nSPS) is 19.2. The van der Waals surface area contributed by atoms with Crippen LogP contribution in [0.25, 0.3) is 0 Å². The van der Waals surface area contributed by atoms with Gasteiger partial charge in [-0.25, -0.2) is 0 Å². The highest BCUT2D eigenvalue weighted by atomic mass is 14.5. The lowest BCUT2D eigenvalue weighted by atomic mass is 9.67. The number of nitrogens with two attached hydrogens (primary N) is 1. The zero-order chi connectivity index (χ0) is 9.78. The molecule has 1 heteroatoms. The zero-order valence-electron chi connectivity index (χ0n) is 9.35. The van der Waals surface area contributed by atoms with E-state index in [9.17, 15) is 0 Å². The van der Waals surface area contributed by atoms with Crippen LogP contribution in [0.1, 0.15) is 47.5 Å². The smallest absolute Gasteiger partial charge is 0.00745 e. The molecule has 0 bridgehead atoms. The molecule has 0 aliphatic carbocycles. The Morgan fingerprint density at radius 1 is 1.25 bits per heavy atom. The van der Waals surface area contributed by atoms with Gasteiger partial charge in [-0.05, 0) is 30.2 Å². The van der Waals surface area contributed by atoms with Gasteiger partial charge in [0.25, 0.3) is 0 Å². The fourth-order valence-corrected chi connectivity index (χ4v) is 1.91. The highest BCUT2D eigenvalue weighted by molar-refractivity contribution is 4.81. The van der Waals surface area contributed by atoms with E-state index < -0.39 is 0 Å². The molecule has 0 saturated carbocycles. The molecule has 0 heterocycles. The third-order valence-electron chi connectivity index (χ3n) is 3.81. The highest BCUT2D eigenvalue weighted by Gasteiger charge is 2.31. The Balaban J connectivity index is 4.29. The Labute approximate surface area is 77.7 Å². The van der Waals surface area contributed by atoms with Crippen molar-refractivity contribution in [3.63, 3.8) is 0 Å². The Morgan fingerprint density at radius 3 is 2.00 bits per heavy atom. The van der Waals surface area contributed by atoms with E-state index in [-0.39, 0.29) is 0 Å². The molecular weight excluding hydrogens is 146 g/mol. The number of rotatable bonds is 5. The van der Waals surface area contributed by atoms with E-state index in [0.29, 0.717) is 5.41 Å². The van der Waals surface area contributed by atoms with Crippen LogP contribution in [0.3, 0.4) is 0 Å². The lowest BCUT2D eigenvalue weighted by Gasteiger charge is -2.39. The monoisotopic (exact) mass is 171 g/mol. The summed E-state index contributed by atoms with van der Waals surface area (Å²) in [5, 5.41) is 0. The van der Waals surface area contributed by atoms with Crippen LogP contribution >= 0.6 is 0 Å². The third kappa shape index (κ3) is 2.48.